The van der Waals surface area contributed by atoms with Gasteiger partial charge in [0.1, 0.15) is 0 Å². The van der Waals surface area contributed by atoms with Gasteiger partial charge in [-0.3, -0.25) is 9.59 Å². The first kappa shape index (κ1) is 16.3. The van der Waals surface area contributed by atoms with Gasteiger partial charge in [0.15, 0.2) is 0 Å². The Balaban J connectivity index is 2.01. The van der Waals surface area contributed by atoms with Gasteiger partial charge in [-0.05, 0) is 38.6 Å². The first-order chi connectivity index (χ1) is 10.0. The van der Waals surface area contributed by atoms with Crippen molar-refractivity contribution in [3.63, 3.8) is 0 Å². The fourth-order valence-corrected chi connectivity index (χ4v) is 3.75. The van der Waals surface area contributed by atoms with Crippen LogP contribution >= 0.6 is 0 Å². The molecule has 2 aliphatic rings. The molecule has 1 saturated heterocycles. The SMILES string of the molecule is CCC1(C(=O)NCC2(C(=O)O)CCCCCC2)CCCN1. The van der Waals surface area contributed by atoms with Crippen LogP contribution in [-0.2, 0) is 9.59 Å². The fourth-order valence-electron chi connectivity index (χ4n) is 3.75. The average Bonchev–Trinajstić information content (AvgIpc) is 2.84. The van der Waals surface area contributed by atoms with E-state index >= 15 is 0 Å². The molecule has 0 aromatic heterocycles. The first-order valence-electron chi connectivity index (χ1n) is 8.31. The van der Waals surface area contributed by atoms with Crippen molar-refractivity contribution in [1.82, 2.24) is 10.6 Å². The van der Waals surface area contributed by atoms with Gasteiger partial charge in [0, 0.05) is 6.54 Å². The van der Waals surface area contributed by atoms with Crippen molar-refractivity contribution in [2.45, 2.75) is 70.3 Å². The third-order valence-electron chi connectivity index (χ3n) is 5.38. The molecule has 3 N–H and O–H groups in total. The van der Waals surface area contributed by atoms with Crippen molar-refractivity contribution in [2.75, 3.05) is 13.1 Å². The van der Waals surface area contributed by atoms with E-state index in [1.165, 1.54) is 0 Å². The standard InChI is InChI=1S/C16H28N2O3/c1-2-16(10-7-11-18-16)13(19)17-12-15(14(20)21)8-5-3-4-6-9-15/h18H,2-12H2,1H3,(H,17,19)(H,20,21). The van der Waals surface area contributed by atoms with Crippen LogP contribution in [0.3, 0.4) is 0 Å². The third-order valence-corrected chi connectivity index (χ3v) is 5.38. The Morgan fingerprint density at radius 1 is 1.10 bits per heavy atom. The average molecular weight is 296 g/mol. The lowest BCUT2D eigenvalue weighted by atomic mass is 9.80. The maximum absolute atomic E-state index is 12.5. The summed E-state index contributed by atoms with van der Waals surface area (Å²) in [4.78, 5) is 24.3. The third kappa shape index (κ3) is 3.39. The second-order valence-corrected chi connectivity index (χ2v) is 6.65. The van der Waals surface area contributed by atoms with Crippen LogP contribution in [0.15, 0.2) is 0 Å². The molecule has 0 aromatic rings. The van der Waals surface area contributed by atoms with Crippen LogP contribution < -0.4 is 10.6 Å². The van der Waals surface area contributed by atoms with Gasteiger partial charge >= 0.3 is 5.97 Å². The molecular formula is C16H28N2O3. The van der Waals surface area contributed by atoms with Gasteiger partial charge in [-0.2, -0.15) is 0 Å². The number of rotatable bonds is 5. The van der Waals surface area contributed by atoms with Crippen LogP contribution in [-0.4, -0.2) is 35.6 Å². The minimum absolute atomic E-state index is 0.0210. The largest absolute Gasteiger partial charge is 0.481 e. The number of hydrogen-bond donors (Lipinski definition) is 3. The molecule has 21 heavy (non-hydrogen) atoms. The molecule has 1 aliphatic heterocycles. The van der Waals surface area contributed by atoms with Crippen LogP contribution in [0.25, 0.3) is 0 Å². The molecule has 0 bridgehead atoms. The van der Waals surface area contributed by atoms with Gasteiger partial charge in [0.2, 0.25) is 5.91 Å². The summed E-state index contributed by atoms with van der Waals surface area (Å²) in [6.45, 7) is 3.15. The Labute approximate surface area is 126 Å². The number of carbonyl (C=O) groups excluding carboxylic acids is 1. The monoisotopic (exact) mass is 296 g/mol. The number of carbonyl (C=O) groups is 2. The highest BCUT2D eigenvalue weighted by Gasteiger charge is 2.43. The van der Waals surface area contributed by atoms with Crippen molar-refractivity contribution in [1.29, 1.82) is 0 Å². The second-order valence-electron chi connectivity index (χ2n) is 6.65. The molecule has 2 fully saturated rings. The van der Waals surface area contributed by atoms with E-state index in [2.05, 4.69) is 10.6 Å². The number of carboxylic acid groups (broad SMARTS) is 1. The highest BCUT2D eigenvalue weighted by Crippen LogP contribution is 2.35. The number of hydrogen-bond acceptors (Lipinski definition) is 3. The Hall–Kier alpha value is -1.10. The maximum Gasteiger partial charge on any atom is 0.311 e. The number of aliphatic carboxylic acids is 1. The smallest absolute Gasteiger partial charge is 0.311 e. The van der Waals surface area contributed by atoms with Crippen LogP contribution in [0.1, 0.15) is 64.7 Å². The fraction of sp³-hybridized carbons (Fsp3) is 0.875. The van der Waals surface area contributed by atoms with Crippen molar-refractivity contribution in [3.8, 4) is 0 Å². The van der Waals surface area contributed by atoms with Crippen molar-refractivity contribution >= 4 is 11.9 Å². The molecule has 5 heteroatoms. The molecule has 5 nitrogen and oxygen atoms in total. The van der Waals surface area contributed by atoms with E-state index < -0.39 is 16.9 Å². The molecule has 1 aliphatic carbocycles. The van der Waals surface area contributed by atoms with Gasteiger partial charge in [-0.1, -0.05) is 32.6 Å². The van der Waals surface area contributed by atoms with E-state index in [0.717, 1.165) is 51.5 Å². The van der Waals surface area contributed by atoms with E-state index in [-0.39, 0.29) is 12.5 Å². The van der Waals surface area contributed by atoms with E-state index in [4.69, 9.17) is 0 Å². The lowest BCUT2D eigenvalue weighted by Crippen LogP contribution is -2.55. The van der Waals surface area contributed by atoms with E-state index in [9.17, 15) is 14.7 Å². The Morgan fingerprint density at radius 3 is 2.24 bits per heavy atom. The Kier molecular flexibility index (Phi) is 5.25. The zero-order valence-electron chi connectivity index (χ0n) is 13.0. The molecule has 1 heterocycles. The van der Waals surface area contributed by atoms with Gasteiger partial charge in [0.05, 0.1) is 11.0 Å². The summed E-state index contributed by atoms with van der Waals surface area (Å²) >= 11 is 0. The molecule has 1 unspecified atom stereocenters. The highest BCUT2D eigenvalue weighted by molar-refractivity contribution is 5.87. The summed E-state index contributed by atoms with van der Waals surface area (Å²) in [6.07, 6.45) is 8.04. The van der Waals surface area contributed by atoms with Crippen molar-refractivity contribution < 1.29 is 14.7 Å². The van der Waals surface area contributed by atoms with E-state index in [1.807, 2.05) is 6.92 Å². The van der Waals surface area contributed by atoms with Crippen LogP contribution in [0.2, 0.25) is 0 Å². The van der Waals surface area contributed by atoms with E-state index in [0.29, 0.717) is 12.8 Å². The summed E-state index contributed by atoms with van der Waals surface area (Å²) in [7, 11) is 0. The summed E-state index contributed by atoms with van der Waals surface area (Å²) in [6, 6.07) is 0. The topological polar surface area (TPSA) is 78.4 Å². The highest BCUT2D eigenvalue weighted by atomic mass is 16.4. The van der Waals surface area contributed by atoms with Gasteiger partial charge in [-0.25, -0.2) is 0 Å². The summed E-state index contributed by atoms with van der Waals surface area (Å²) in [5.74, 6) is -0.776. The molecular weight excluding hydrogens is 268 g/mol. The van der Waals surface area contributed by atoms with Crippen molar-refractivity contribution in [3.05, 3.63) is 0 Å². The molecule has 0 spiro atoms. The van der Waals surface area contributed by atoms with Gasteiger partial charge < -0.3 is 15.7 Å². The molecule has 1 atom stereocenters. The minimum Gasteiger partial charge on any atom is -0.481 e. The molecule has 0 radical (unpaired) electrons. The molecule has 120 valence electrons. The van der Waals surface area contributed by atoms with Crippen LogP contribution in [0.5, 0.6) is 0 Å². The second kappa shape index (κ2) is 6.77. The quantitative estimate of drug-likeness (QED) is 0.679. The molecule has 2 rings (SSSR count). The van der Waals surface area contributed by atoms with Gasteiger partial charge in [-0.15, -0.1) is 0 Å². The zero-order valence-corrected chi connectivity index (χ0v) is 13.0. The van der Waals surface area contributed by atoms with Crippen LogP contribution in [0, 0.1) is 5.41 Å². The summed E-state index contributed by atoms with van der Waals surface area (Å²) < 4.78 is 0. The lowest BCUT2D eigenvalue weighted by Gasteiger charge is -2.32. The number of nitrogens with one attached hydrogen (secondary N) is 2. The predicted molar refractivity (Wildman–Crippen MR) is 81.0 cm³/mol. The van der Waals surface area contributed by atoms with Crippen LogP contribution in [0.4, 0.5) is 0 Å². The molecule has 0 aromatic carbocycles. The van der Waals surface area contributed by atoms with Gasteiger partial charge in [0.25, 0.3) is 0 Å². The van der Waals surface area contributed by atoms with Crippen molar-refractivity contribution in [2.24, 2.45) is 5.41 Å². The Bertz CT molecular complexity index is 381. The number of carboxylic acids is 1. The molecule has 1 saturated carbocycles. The van der Waals surface area contributed by atoms with E-state index in [1.54, 1.807) is 0 Å². The molecule has 1 amide bonds. The lowest BCUT2D eigenvalue weighted by molar-refractivity contribution is -0.150. The summed E-state index contributed by atoms with van der Waals surface area (Å²) in [5.41, 5.74) is -1.25. The Morgan fingerprint density at radius 2 is 1.76 bits per heavy atom. The normalized spacial score (nSPS) is 28.8. The predicted octanol–water partition coefficient (Wildman–Crippen LogP) is 2.06. The maximum atomic E-state index is 12.5. The number of amides is 1. The zero-order chi connectivity index (χ0) is 15.3. The minimum atomic E-state index is -0.764. The first-order valence-corrected chi connectivity index (χ1v) is 8.31. The summed E-state index contributed by atoms with van der Waals surface area (Å²) in [5, 5.41) is 15.9.